The molecule has 74 valence electrons. The number of hydrogen-bond donors (Lipinski definition) is 2. The van der Waals surface area contributed by atoms with E-state index in [-0.39, 0.29) is 6.17 Å². The van der Waals surface area contributed by atoms with Crippen LogP contribution in [0.15, 0.2) is 24.3 Å². The van der Waals surface area contributed by atoms with Gasteiger partial charge in [-0.25, -0.2) is 0 Å². The minimum atomic E-state index is 0.0798. The first-order valence-electron chi connectivity index (χ1n) is 4.94. The number of para-hydroxylation sites is 1. The molecular formula is C11H14N2O. The second-order valence-corrected chi connectivity index (χ2v) is 3.53. The number of nitrogens with one attached hydrogen (secondary N) is 2. The summed E-state index contributed by atoms with van der Waals surface area (Å²) in [5, 5.41) is 6.09. The average Bonchev–Trinajstić information content (AvgIpc) is 2.40. The van der Waals surface area contributed by atoms with E-state index in [1.807, 2.05) is 12.1 Å². The molecule has 0 bridgehead atoms. The van der Waals surface area contributed by atoms with Crippen LogP contribution in [0.2, 0.25) is 0 Å². The maximum absolute atomic E-state index is 10.3. The third-order valence-corrected chi connectivity index (χ3v) is 2.56. The maximum atomic E-state index is 10.3. The zero-order valence-corrected chi connectivity index (χ0v) is 7.99. The van der Waals surface area contributed by atoms with Crippen molar-refractivity contribution in [2.45, 2.75) is 25.4 Å². The summed E-state index contributed by atoms with van der Waals surface area (Å²) in [6.45, 7) is 0. The highest BCUT2D eigenvalue weighted by Gasteiger charge is 2.13. The summed E-state index contributed by atoms with van der Waals surface area (Å²) in [5.74, 6) is 0. The van der Waals surface area contributed by atoms with Gasteiger partial charge < -0.3 is 10.6 Å². The lowest BCUT2D eigenvalue weighted by molar-refractivity contribution is -0.110. The van der Waals surface area contributed by atoms with Gasteiger partial charge in [0.2, 0.25) is 6.41 Å². The Balaban J connectivity index is 2.17. The predicted molar refractivity (Wildman–Crippen MR) is 56.0 cm³/mol. The lowest BCUT2D eigenvalue weighted by Crippen LogP contribution is -2.34. The first-order chi connectivity index (χ1) is 6.90. The molecule has 0 saturated carbocycles. The van der Waals surface area contributed by atoms with E-state index < -0.39 is 0 Å². The summed E-state index contributed by atoms with van der Waals surface area (Å²) >= 11 is 0. The Hall–Kier alpha value is -1.51. The first kappa shape index (κ1) is 9.06. The van der Waals surface area contributed by atoms with Crippen molar-refractivity contribution in [2.75, 3.05) is 5.32 Å². The summed E-state index contributed by atoms with van der Waals surface area (Å²) in [6.07, 6.45) is 4.01. The molecule has 1 unspecified atom stereocenters. The standard InChI is InChI=1S/C11H14N2O/c14-8-12-11-7-3-5-9-4-1-2-6-10(9)13-11/h1-2,4,6,8,11,13H,3,5,7H2,(H,12,14). The molecule has 1 atom stereocenters. The highest BCUT2D eigenvalue weighted by Crippen LogP contribution is 2.22. The molecule has 1 aromatic rings. The molecule has 1 aromatic carbocycles. The second-order valence-electron chi connectivity index (χ2n) is 3.53. The molecule has 1 heterocycles. The van der Waals surface area contributed by atoms with Crippen molar-refractivity contribution in [3.8, 4) is 0 Å². The molecule has 14 heavy (non-hydrogen) atoms. The Bertz CT molecular complexity index is 325. The van der Waals surface area contributed by atoms with Gasteiger partial charge in [-0.15, -0.1) is 0 Å². The van der Waals surface area contributed by atoms with Gasteiger partial charge in [0.25, 0.3) is 0 Å². The third-order valence-electron chi connectivity index (χ3n) is 2.56. The Labute approximate surface area is 83.5 Å². The molecule has 1 aliphatic rings. The SMILES string of the molecule is O=CNC1CCCc2ccccc2N1. The topological polar surface area (TPSA) is 41.1 Å². The van der Waals surface area contributed by atoms with Crippen LogP contribution in [0.3, 0.4) is 0 Å². The fraction of sp³-hybridized carbons (Fsp3) is 0.364. The van der Waals surface area contributed by atoms with Crippen LogP contribution in [0.5, 0.6) is 0 Å². The molecule has 0 saturated heterocycles. The van der Waals surface area contributed by atoms with Crippen LogP contribution < -0.4 is 10.6 Å². The van der Waals surface area contributed by atoms with Gasteiger partial charge in [-0.2, -0.15) is 0 Å². The summed E-state index contributed by atoms with van der Waals surface area (Å²) in [4.78, 5) is 10.3. The van der Waals surface area contributed by atoms with Crippen LogP contribution in [0.1, 0.15) is 18.4 Å². The fourth-order valence-electron chi connectivity index (χ4n) is 1.84. The molecule has 0 fully saturated rings. The lowest BCUT2D eigenvalue weighted by Gasteiger charge is -2.16. The maximum Gasteiger partial charge on any atom is 0.208 e. The van der Waals surface area contributed by atoms with Gasteiger partial charge >= 0.3 is 0 Å². The van der Waals surface area contributed by atoms with Crippen LogP contribution in [0.4, 0.5) is 5.69 Å². The largest absolute Gasteiger partial charge is 0.365 e. The minimum absolute atomic E-state index is 0.0798. The van der Waals surface area contributed by atoms with Crippen molar-refractivity contribution in [1.82, 2.24) is 5.32 Å². The van der Waals surface area contributed by atoms with Crippen molar-refractivity contribution in [1.29, 1.82) is 0 Å². The lowest BCUT2D eigenvalue weighted by atomic mass is 10.1. The van der Waals surface area contributed by atoms with E-state index in [4.69, 9.17) is 0 Å². The van der Waals surface area contributed by atoms with E-state index in [2.05, 4.69) is 22.8 Å². The number of rotatable bonds is 2. The fourth-order valence-corrected chi connectivity index (χ4v) is 1.84. The Morgan fingerprint density at radius 1 is 1.43 bits per heavy atom. The average molecular weight is 190 g/mol. The molecule has 1 amide bonds. The van der Waals surface area contributed by atoms with Gasteiger partial charge in [-0.05, 0) is 30.9 Å². The van der Waals surface area contributed by atoms with Crippen molar-refractivity contribution in [3.63, 3.8) is 0 Å². The molecule has 0 spiro atoms. The highest BCUT2D eigenvalue weighted by atomic mass is 16.1. The monoisotopic (exact) mass is 190 g/mol. The Morgan fingerprint density at radius 3 is 3.14 bits per heavy atom. The molecule has 2 N–H and O–H groups in total. The van der Waals surface area contributed by atoms with Crippen LogP contribution in [0, 0.1) is 0 Å². The number of anilines is 1. The van der Waals surface area contributed by atoms with Crippen LogP contribution >= 0.6 is 0 Å². The van der Waals surface area contributed by atoms with Gasteiger partial charge in [0, 0.05) is 5.69 Å². The molecule has 0 aliphatic carbocycles. The normalized spacial score (nSPS) is 20.1. The van der Waals surface area contributed by atoms with E-state index in [0.717, 1.165) is 31.4 Å². The second kappa shape index (κ2) is 4.13. The van der Waals surface area contributed by atoms with Crippen molar-refractivity contribution in [2.24, 2.45) is 0 Å². The van der Waals surface area contributed by atoms with Crippen molar-refractivity contribution >= 4 is 12.1 Å². The van der Waals surface area contributed by atoms with E-state index in [1.54, 1.807) is 0 Å². The van der Waals surface area contributed by atoms with Crippen LogP contribution in [0.25, 0.3) is 0 Å². The zero-order valence-electron chi connectivity index (χ0n) is 7.99. The molecular weight excluding hydrogens is 176 g/mol. The van der Waals surface area contributed by atoms with Crippen molar-refractivity contribution < 1.29 is 4.79 Å². The molecule has 1 aliphatic heterocycles. The number of carbonyl (C=O) groups is 1. The quantitative estimate of drug-likeness (QED) is 0.694. The highest BCUT2D eigenvalue weighted by molar-refractivity contribution is 5.54. The van der Waals surface area contributed by atoms with E-state index in [0.29, 0.717) is 0 Å². The van der Waals surface area contributed by atoms with Crippen LogP contribution in [-0.4, -0.2) is 12.6 Å². The molecule has 0 aromatic heterocycles. The van der Waals surface area contributed by atoms with Gasteiger partial charge in [0.05, 0.1) is 6.17 Å². The first-order valence-corrected chi connectivity index (χ1v) is 4.94. The van der Waals surface area contributed by atoms with Gasteiger partial charge in [-0.1, -0.05) is 18.2 Å². The number of aryl methyl sites for hydroxylation is 1. The Kier molecular flexibility index (Phi) is 2.68. The van der Waals surface area contributed by atoms with Gasteiger partial charge in [-0.3, -0.25) is 4.79 Å². The summed E-state index contributed by atoms with van der Waals surface area (Å²) in [6, 6.07) is 8.24. The predicted octanol–water partition coefficient (Wildman–Crippen LogP) is 1.51. The number of fused-ring (bicyclic) bond motifs is 1. The summed E-state index contributed by atoms with van der Waals surface area (Å²) < 4.78 is 0. The minimum Gasteiger partial charge on any atom is -0.365 e. The van der Waals surface area contributed by atoms with E-state index >= 15 is 0 Å². The number of amides is 1. The third kappa shape index (κ3) is 1.87. The smallest absolute Gasteiger partial charge is 0.208 e. The molecule has 3 heteroatoms. The number of benzene rings is 1. The summed E-state index contributed by atoms with van der Waals surface area (Å²) in [5.41, 5.74) is 2.48. The van der Waals surface area contributed by atoms with E-state index in [9.17, 15) is 4.79 Å². The number of carbonyl (C=O) groups excluding carboxylic acids is 1. The molecule has 3 nitrogen and oxygen atoms in total. The van der Waals surface area contributed by atoms with Crippen molar-refractivity contribution in [3.05, 3.63) is 29.8 Å². The number of hydrogen-bond acceptors (Lipinski definition) is 2. The van der Waals surface area contributed by atoms with Gasteiger partial charge in [0.15, 0.2) is 0 Å². The Morgan fingerprint density at radius 2 is 2.29 bits per heavy atom. The van der Waals surface area contributed by atoms with Crippen LogP contribution in [-0.2, 0) is 11.2 Å². The zero-order chi connectivity index (χ0) is 9.80. The van der Waals surface area contributed by atoms with Gasteiger partial charge in [0.1, 0.15) is 0 Å². The van der Waals surface area contributed by atoms with E-state index in [1.165, 1.54) is 5.56 Å². The molecule has 0 radical (unpaired) electrons. The summed E-state index contributed by atoms with van der Waals surface area (Å²) in [7, 11) is 0. The molecule has 2 rings (SSSR count).